The lowest BCUT2D eigenvalue weighted by Gasteiger charge is -2.47. The summed E-state index contributed by atoms with van der Waals surface area (Å²) in [5, 5.41) is 20.3. The van der Waals surface area contributed by atoms with Crippen LogP contribution in [0.4, 0.5) is 0 Å². The van der Waals surface area contributed by atoms with Crippen molar-refractivity contribution in [3.63, 3.8) is 0 Å². The third-order valence-corrected chi connectivity index (χ3v) is 5.50. The quantitative estimate of drug-likeness (QED) is 0.894. The van der Waals surface area contributed by atoms with E-state index in [1.54, 1.807) is 18.2 Å². The number of carbonyl (C=O) groups is 1. The average molecular weight is 339 g/mol. The summed E-state index contributed by atoms with van der Waals surface area (Å²) in [7, 11) is 0. The molecule has 5 nitrogen and oxygen atoms in total. The van der Waals surface area contributed by atoms with Crippen LogP contribution in [0.5, 0.6) is 5.75 Å². The Bertz CT molecular complexity index is 770. The summed E-state index contributed by atoms with van der Waals surface area (Å²) in [4.78, 5) is 11.5. The number of allylic oxidation sites excluding steroid dienone is 2. The van der Waals surface area contributed by atoms with Crippen molar-refractivity contribution in [2.45, 2.75) is 62.8 Å². The number of ether oxygens (including phenoxy) is 2. The van der Waals surface area contributed by atoms with Crippen molar-refractivity contribution in [1.82, 2.24) is 0 Å². The van der Waals surface area contributed by atoms with Crippen LogP contribution in [0.25, 0.3) is 0 Å². The highest BCUT2D eigenvalue weighted by Crippen LogP contribution is 2.48. The number of fused-ring (bicyclic) bond motifs is 1. The van der Waals surface area contributed by atoms with Gasteiger partial charge >= 0.3 is 0 Å². The van der Waals surface area contributed by atoms with E-state index < -0.39 is 17.8 Å². The summed E-state index contributed by atoms with van der Waals surface area (Å²) in [6.45, 7) is 0. The fourth-order valence-corrected chi connectivity index (χ4v) is 4.16. The maximum atomic E-state index is 11.5. The van der Waals surface area contributed by atoms with Gasteiger partial charge in [-0.15, -0.1) is 0 Å². The van der Waals surface area contributed by atoms with Gasteiger partial charge in [0, 0.05) is 24.5 Å². The molecule has 3 aliphatic rings. The SMILES string of the molecule is N#Cc1ccc2c(c1)[C@H](OC1=CC(=O)CC1)[C@@H](O)C1(CCCCC1)O2. The zero-order chi connectivity index (χ0) is 17.4. The van der Waals surface area contributed by atoms with Gasteiger partial charge < -0.3 is 14.6 Å². The number of hydrogen-bond acceptors (Lipinski definition) is 5. The van der Waals surface area contributed by atoms with Crippen LogP contribution in [0, 0.1) is 11.3 Å². The molecule has 5 heteroatoms. The Morgan fingerprint density at radius 3 is 2.72 bits per heavy atom. The number of hydrogen-bond donors (Lipinski definition) is 1. The maximum absolute atomic E-state index is 11.5. The standard InChI is InChI=1S/C20H21NO4/c21-12-13-4-7-17-16(10-13)18(24-15-6-5-14(22)11-15)19(23)20(25-17)8-2-1-3-9-20/h4,7,10-11,18-19,23H,1-3,5-6,8-9H2/t18-,19+/m0/s1. The molecular weight excluding hydrogens is 318 g/mol. The van der Waals surface area contributed by atoms with Gasteiger partial charge in [-0.05, 0) is 43.9 Å². The Morgan fingerprint density at radius 1 is 1.24 bits per heavy atom. The smallest absolute Gasteiger partial charge is 0.159 e. The molecule has 1 aromatic carbocycles. The first-order valence-electron chi connectivity index (χ1n) is 8.92. The van der Waals surface area contributed by atoms with Crippen molar-refractivity contribution < 1.29 is 19.4 Å². The van der Waals surface area contributed by atoms with E-state index in [1.165, 1.54) is 6.08 Å². The Morgan fingerprint density at radius 2 is 2.04 bits per heavy atom. The second kappa shape index (κ2) is 6.20. The molecule has 0 unspecified atom stereocenters. The van der Waals surface area contributed by atoms with Crippen molar-refractivity contribution in [1.29, 1.82) is 5.26 Å². The van der Waals surface area contributed by atoms with E-state index in [9.17, 15) is 15.2 Å². The normalized spacial score (nSPS) is 27.2. The molecule has 0 aromatic heterocycles. The van der Waals surface area contributed by atoms with Crippen LogP contribution in [0.15, 0.2) is 30.0 Å². The van der Waals surface area contributed by atoms with Crippen LogP contribution in [-0.4, -0.2) is 22.6 Å². The number of aliphatic hydroxyl groups is 1. The predicted molar refractivity (Wildman–Crippen MR) is 89.8 cm³/mol. The van der Waals surface area contributed by atoms with Gasteiger partial charge in [0.05, 0.1) is 11.6 Å². The Balaban J connectivity index is 1.74. The van der Waals surface area contributed by atoms with Crippen LogP contribution in [-0.2, 0) is 9.53 Å². The Hall–Kier alpha value is -2.32. The largest absolute Gasteiger partial charge is 0.487 e. The van der Waals surface area contributed by atoms with Gasteiger partial charge in [-0.2, -0.15) is 5.26 Å². The summed E-state index contributed by atoms with van der Waals surface area (Å²) in [6.07, 6.45) is 5.81. The fraction of sp³-hybridized carbons (Fsp3) is 0.500. The van der Waals surface area contributed by atoms with E-state index in [-0.39, 0.29) is 5.78 Å². The van der Waals surface area contributed by atoms with Gasteiger partial charge in [0.25, 0.3) is 0 Å². The maximum Gasteiger partial charge on any atom is 0.159 e. The van der Waals surface area contributed by atoms with Crippen molar-refractivity contribution in [3.05, 3.63) is 41.2 Å². The summed E-state index contributed by atoms with van der Waals surface area (Å²) < 4.78 is 12.4. The van der Waals surface area contributed by atoms with Crippen molar-refractivity contribution >= 4 is 5.78 Å². The Labute approximate surface area is 146 Å². The number of rotatable bonds is 2. The zero-order valence-electron chi connectivity index (χ0n) is 14.0. The first-order valence-corrected chi connectivity index (χ1v) is 8.92. The molecule has 1 aliphatic heterocycles. The zero-order valence-corrected chi connectivity index (χ0v) is 14.0. The highest BCUT2D eigenvalue weighted by molar-refractivity contribution is 5.92. The second-order valence-corrected chi connectivity index (χ2v) is 7.15. The number of benzene rings is 1. The van der Waals surface area contributed by atoms with E-state index in [1.807, 2.05) is 0 Å². The monoisotopic (exact) mass is 339 g/mol. The van der Waals surface area contributed by atoms with Gasteiger partial charge in [-0.1, -0.05) is 6.42 Å². The minimum atomic E-state index is -0.828. The summed E-state index contributed by atoms with van der Waals surface area (Å²) in [5.41, 5.74) is 0.537. The lowest BCUT2D eigenvalue weighted by Crippen LogP contribution is -2.54. The molecule has 0 amide bonds. The van der Waals surface area contributed by atoms with Crippen LogP contribution in [0.2, 0.25) is 0 Å². The van der Waals surface area contributed by atoms with Gasteiger partial charge in [0.2, 0.25) is 0 Å². The summed E-state index contributed by atoms with van der Waals surface area (Å²) in [5.74, 6) is 1.33. The predicted octanol–water partition coefficient (Wildman–Crippen LogP) is 3.32. The molecule has 0 radical (unpaired) electrons. The molecule has 25 heavy (non-hydrogen) atoms. The summed E-state index contributed by atoms with van der Waals surface area (Å²) >= 11 is 0. The number of ketones is 1. The number of carbonyl (C=O) groups excluding carboxylic acids is 1. The summed E-state index contributed by atoms with van der Waals surface area (Å²) in [6, 6.07) is 7.36. The molecule has 4 rings (SSSR count). The van der Waals surface area contributed by atoms with Gasteiger partial charge in [0.1, 0.15) is 23.2 Å². The molecule has 1 N–H and O–H groups in total. The third kappa shape index (κ3) is 2.81. The first kappa shape index (κ1) is 16.2. The van der Waals surface area contributed by atoms with Crippen LogP contribution in [0.3, 0.4) is 0 Å². The van der Waals surface area contributed by atoms with Gasteiger partial charge in [-0.3, -0.25) is 4.79 Å². The van der Waals surface area contributed by atoms with Gasteiger partial charge in [-0.25, -0.2) is 0 Å². The molecule has 1 fully saturated rings. The molecule has 0 bridgehead atoms. The topological polar surface area (TPSA) is 79.5 Å². The molecule has 1 heterocycles. The highest BCUT2D eigenvalue weighted by Gasteiger charge is 2.51. The minimum Gasteiger partial charge on any atom is -0.487 e. The van der Waals surface area contributed by atoms with Crippen LogP contribution < -0.4 is 4.74 Å². The molecule has 2 atom stereocenters. The van der Waals surface area contributed by atoms with E-state index in [2.05, 4.69) is 6.07 Å². The number of nitriles is 1. The number of aliphatic hydroxyl groups excluding tert-OH is 1. The molecule has 1 aromatic rings. The van der Waals surface area contributed by atoms with E-state index in [0.29, 0.717) is 35.5 Å². The Kier molecular flexibility index (Phi) is 4.01. The molecule has 1 spiro atoms. The average Bonchev–Trinajstić information content (AvgIpc) is 3.04. The number of nitrogens with zero attached hydrogens (tertiary/aromatic N) is 1. The van der Waals surface area contributed by atoms with Crippen LogP contribution in [0.1, 0.15) is 62.2 Å². The molecular formula is C20H21NO4. The van der Waals surface area contributed by atoms with Crippen molar-refractivity contribution in [2.75, 3.05) is 0 Å². The lowest BCUT2D eigenvalue weighted by atomic mass is 9.75. The first-order chi connectivity index (χ1) is 12.1. The van der Waals surface area contributed by atoms with E-state index >= 15 is 0 Å². The van der Waals surface area contributed by atoms with E-state index in [0.717, 1.165) is 32.1 Å². The second-order valence-electron chi connectivity index (χ2n) is 7.15. The van der Waals surface area contributed by atoms with Gasteiger partial charge in [0.15, 0.2) is 11.9 Å². The van der Waals surface area contributed by atoms with Crippen molar-refractivity contribution in [3.8, 4) is 11.8 Å². The molecule has 0 saturated heterocycles. The molecule has 130 valence electrons. The van der Waals surface area contributed by atoms with Crippen LogP contribution >= 0.6 is 0 Å². The fourth-order valence-electron chi connectivity index (χ4n) is 4.16. The third-order valence-electron chi connectivity index (χ3n) is 5.50. The lowest BCUT2D eigenvalue weighted by molar-refractivity contribution is -0.150. The van der Waals surface area contributed by atoms with Crippen molar-refractivity contribution in [2.24, 2.45) is 0 Å². The molecule has 1 saturated carbocycles. The molecule has 2 aliphatic carbocycles. The van der Waals surface area contributed by atoms with E-state index in [4.69, 9.17) is 9.47 Å². The highest BCUT2D eigenvalue weighted by atomic mass is 16.5. The minimum absolute atomic E-state index is 0.0509.